The SMILES string of the molecule is COc1nc(C)nc2cn[nH]c12. The Bertz CT molecular complexity index is 409. The van der Waals surface area contributed by atoms with Crippen molar-refractivity contribution in [1.29, 1.82) is 0 Å². The van der Waals surface area contributed by atoms with Gasteiger partial charge in [0.2, 0.25) is 5.88 Å². The Morgan fingerprint density at radius 1 is 1.42 bits per heavy atom. The van der Waals surface area contributed by atoms with Crippen molar-refractivity contribution in [3.63, 3.8) is 0 Å². The zero-order chi connectivity index (χ0) is 8.55. The van der Waals surface area contributed by atoms with E-state index in [2.05, 4.69) is 20.2 Å². The zero-order valence-corrected chi connectivity index (χ0v) is 6.83. The maximum atomic E-state index is 5.04. The molecule has 0 atom stereocenters. The van der Waals surface area contributed by atoms with Crippen LogP contribution < -0.4 is 4.74 Å². The number of ether oxygens (including phenoxy) is 1. The highest BCUT2D eigenvalue weighted by molar-refractivity contribution is 5.78. The number of fused-ring (bicyclic) bond motifs is 1. The lowest BCUT2D eigenvalue weighted by Gasteiger charge is -1.99. The lowest BCUT2D eigenvalue weighted by molar-refractivity contribution is 0.400. The Labute approximate surface area is 68.8 Å². The molecule has 0 aliphatic heterocycles. The maximum absolute atomic E-state index is 5.04. The van der Waals surface area contributed by atoms with E-state index in [1.807, 2.05) is 6.92 Å². The topological polar surface area (TPSA) is 63.7 Å². The fourth-order valence-corrected chi connectivity index (χ4v) is 1.07. The average Bonchev–Trinajstić information content (AvgIpc) is 2.50. The van der Waals surface area contributed by atoms with Gasteiger partial charge in [-0.2, -0.15) is 10.1 Å². The summed E-state index contributed by atoms with van der Waals surface area (Å²) in [6, 6.07) is 0. The van der Waals surface area contributed by atoms with Gasteiger partial charge in [0.1, 0.15) is 16.9 Å². The van der Waals surface area contributed by atoms with Crippen LogP contribution in [0, 0.1) is 6.92 Å². The molecule has 0 radical (unpaired) electrons. The van der Waals surface area contributed by atoms with Gasteiger partial charge < -0.3 is 4.74 Å². The third kappa shape index (κ3) is 0.903. The van der Waals surface area contributed by atoms with Crippen molar-refractivity contribution < 1.29 is 4.74 Å². The minimum atomic E-state index is 0.537. The number of nitrogens with one attached hydrogen (secondary N) is 1. The quantitative estimate of drug-likeness (QED) is 0.672. The van der Waals surface area contributed by atoms with Gasteiger partial charge in [-0.25, -0.2) is 4.98 Å². The molecule has 0 amide bonds. The predicted molar refractivity (Wildman–Crippen MR) is 43.0 cm³/mol. The Hall–Kier alpha value is -1.65. The molecule has 0 saturated carbocycles. The van der Waals surface area contributed by atoms with Crippen LogP contribution in [0.2, 0.25) is 0 Å². The fraction of sp³-hybridized carbons (Fsp3) is 0.286. The van der Waals surface area contributed by atoms with Crippen molar-refractivity contribution in [2.24, 2.45) is 0 Å². The molecule has 5 heteroatoms. The van der Waals surface area contributed by atoms with Gasteiger partial charge in [0.25, 0.3) is 0 Å². The summed E-state index contributed by atoms with van der Waals surface area (Å²) in [6.07, 6.45) is 1.65. The zero-order valence-electron chi connectivity index (χ0n) is 6.83. The van der Waals surface area contributed by atoms with E-state index in [1.165, 1.54) is 0 Å². The molecule has 0 aliphatic rings. The standard InChI is InChI=1S/C7H8N4O/c1-4-9-5-3-8-11-6(5)7(10-4)12-2/h3H,1-2H3,(H,8,11). The fourth-order valence-electron chi connectivity index (χ4n) is 1.07. The first-order chi connectivity index (χ1) is 5.81. The summed E-state index contributed by atoms with van der Waals surface area (Å²) in [5, 5.41) is 6.61. The van der Waals surface area contributed by atoms with Gasteiger partial charge in [-0.3, -0.25) is 5.10 Å². The van der Waals surface area contributed by atoms with E-state index in [-0.39, 0.29) is 0 Å². The highest BCUT2D eigenvalue weighted by atomic mass is 16.5. The molecule has 0 spiro atoms. The van der Waals surface area contributed by atoms with Crippen LogP contribution in [0.4, 0.5) is 0 Å². The van der Waals surface area contributed by atoms with Gasteiger partial charge in [-0.05, 0) is 6.92 Å². The second kappa shape index (κ2) is 2.44. The van der Waals surface area contributed by atoms with E-state index in [4.69, 9.17) is 4.74 Å². The Morgan fingerprint density at radius 2 is 2.25 bits per heavy atom. The molecule has 2 aromatic heterocycles. The van der Waals surface area contributed by atoms with E-state index in [0.29, 0.717) is 11.7 Å². The molecule has 1 N–H and O–H groups in total. The molecule has 0 aromatic carbocycles. The molecular formula is C7H8N4O. The van der Waals surface area contributed by atoms with Crippen molar-refractivity contribution in [3.8, 4) is 5.88 Å². The minimum Gasteiger partial charge on any atom is -0.479 e. The number of rotatable bonds is 1. The first-order valence-electron chi connectivity index (χ1n) is 3.53. The van der Waals surface area contributed by atoms with E-state index >= 15 is 0 Å². The molecule has 0 fully saturated rings. The van der Waals surface area contributed by atoms with Crippen LogP contribution in [0.3, 0.4) is 0 Å². The number of aromatic amines is 1. The summed E-state index contributed by atoms with van der Waals surface area (Å²) in [6.45, 7) is 1.81. The average molecular weight is 164 g/mol. The van der Waals surface area contributed by atoms with Gasteiger partial charge in [0, 0.05) is 0 Å². The number of aryl methyl sites for hydroxylation is 1. The number of H-pyrrole nitrogens is 1. The van der Waals surface area contributed by atoms with Crippen LogP contribution >= 0.6 is 0 Å². The molecule has 2 rings (SSSR count). The number of hydrogen-bond donors (Lipinski definition) is 1. The van der Waals surface area contributed by atoms with Crippen LogP contribution in [-0.2, 0) is 0 Å². The minimum absolute atomic E-state index is 0.537. The number of hydrogen-bond acceptors (Lipinski definition) is 4. The maximum Gasteiger partial charge on any atom is 0.243 e. The van der Waals surface area contributed by atoms with Crippen LogP contribution in [0.1, 0.15) is 5.82 Å². The first-order valence-corrected chi connectivity index (χ1v) is 3.53. The van der Waals surface area contributed by atoms with Crippen LogP contribution in [0.5, 0.6) is 5.88 Å². The highest BCUT2D eigenvalue weighted by Crippen LogP contribution is 2.18. The molecule has 0 bridgehead atoms. The van der Waals surface area contributed by atoms with Crippen molar-refractivity contribution in [1.82, 2.24) is 20.2 Å². The smallest absolute Gasteiger partial charge is 0.243 e. The van der Waals surface area contributed by atoms with Crippen LogP contribution in [0.15, 0.2) is 6.20 Å². The lowest BCUT2D eigenvalue weighted by Crippen LogP contribution is -1.93. The molecule has 2 heterocycles. The predicted octanol–water partition coefficient (Wildman–Crippen LogP) is 0.670. The van der Waals surface area contributed by atoms with E-state index in [0.717, 1.165) is 11.0 Å². The van der Waals surface area contributed by atoms with Crippen molar-refractivity contribution in [2.75, 3.05) is 7.11 Å². The van der Waals surface area contributed by atoms with E-state index < -0.39 is 0 Å². The second-order valence-electron chi connectivity index (χ2n) is 2.41. The summed E-state index contributed by atoms with van der Waals surface area (Å²) in [4.78, 5) is 8.25. The molecule has 12 heavy (non-hydrogen) atoms. The van der Waals surface area contributed by atoms with Gasteiger partial charge in [0.05, 0.1) is 13.3 Å². The Balaban J connectivity index is 2.80. The first kappa shape index (κ1) is 7.02. The third-order valence-electron chi connectivity index (χ3n) is 1.57. The summed E-state index contributed by atoms with van der Waals surface area (Å²) in [5.74, 6) is 1.22. The summed E-state index contributed by atoms with van der Waals surface area (Å²) >= 11 is 0. The van der Waals surface area contributed by atoms with E-state index in [1.54, 1.807) is 13.3 Å². The molecule has 2 aromatic rings. The van der Waals surface area contributed by atoms with Gasteiger partial charge in [-0.15, -0.1) is 0 Å². The second-order valence-corrected chi connectivity index (χ2v) is 2.41. The Kier molecular flexibility index (Phi) is 1.43. The molecular weight excluding hydrogens is 156 g/mol. The molecule has 0 unspecified atom stereocenters. The number of methoxy groups -OCH3 is 1. The monoisotopic (exact) mass is 164 g/mol. The van der Waals surface area contributed by atoms with Crippen LogP contribution in [-0.4, -0.2) is 27.3 Å². The highest BCUT2D eigenvalue weighted by Gasteiger charge is 2.06. The van der Waals surface area contributed by atoms with Crippen LogP contribution in [0.25, 0.3) is 11.0 Å². The third-order valence-corrected chi connectivity index (χ3v) is 1.57. The molecule has 0 saturated heterocycles. The summed E-state index contributed by atoms with van der Waals surface area (Å²) < 4.78 is 5.04. The molecule has 5 nitrogen and oxygen atoms in total. The number of nitrogens with zero attached hydrogens (tertiary/aromatic N) is 3. The largest absolute Gasteiger partial charge is 0.479 e. The normalized spacial score (nSPS) is 10.5. The van der Waals surface area contributed by atoms with E-state index in [9.17, 15) is 0 Å². The summed E-state index contributed by atoms with van der Waals surface area (Å²) in [5.41, 5.74) is 1.52. The van der Waals surface area contributed by atoms with Crippen molar-refractivity contribution >= 4 is 11.0 Å². The van der Waals surface area contributed by atoms with Gasteiger partial charge in [-0.1, -0.05) is 0 Å². The molecule has 62 valence electrons. The van der Waals surface area contributed by atoms with Gasteiger partial charge in [0.15, 0.2) is 0 Å². The van der Waals surface area contributed by atoms with Crippen molar-refractivity contribution in [3.05, 3.63) is 12.0 Å². The number of aromatic nitrogens is 4. The lowest BCUT2D eigenvalue weighted by atomic mass is 10.4. The summed E-state index contributed by atoms with van der Waals surface area (Å²) in [7, 11) is 1.57. The molecule has 0 aliphatic carbocycles. The van der Waals surface area contributed by atoms with Gasteiger partial charge >= 0.3 is 0 Å². The Morgan fingerprint density at radius 3 is 3.00 bits per heavy atom. The van der Waals surface area contributed by atoms with Crippen molar-refractivity contribution in [2.45, 2.75) is 6.92 Å².